The number of nitrogens with two attached hydrogens (primary N) is 1. The van der Waals surface area contributed by atoms with Crippen LogP contribution in [0.3, 0.4) is 0 Å². The maximum atomic E-state index is 12.9. The van der Waals surface area contributed by atoms with Crippen LogP contribution < -0.4 is 20.7 Å². The number of fused-ring (bicyclic) bond motifs is 2. The van der Waals surface area contributed by atoms with E-state index in [4.69, 9.17) is 10.5 Å². The van der Waals surface area contributed by atoms with Gasteiger partial charge in [0.05, 0.1) is 7.11 Å². The second kappa shape index (κ2) is 10.6. The van der Waals surface area contributed by atoms with Gasteiger partial charge in [0.25, 0.3) is 0 Å². The van der Waals surface area contributed by atoms with Crippen LogP contribution in [0.25, 0.3) is 0 Å². The lowest BCUT2D eigenvalue weighted by atomic mass is 9.67. The number of nitrogens with zero attached hydrogens (tertiary/aromatic N) is 3. The quantitative estimate of drug-likeness (QED) is 0.739. The minimum Gasteiger partial charge on any atom is -0.481 e. The zero-order chi connectivity index (χ0) is 18.8. The Kier molecular flexibility index (Phi) is 8.79. The highest BCUT2D eigenvalue weighted by atomic mass is 35.5. The standard InChI is InChI=1S/C20H31N5O2.2ClH/c1-27-17-5-8-22-20(23-17)25-9-6-13(7-10-25)19(26)24-18-14-3-2-4-15(18)12-16(21)11-14;;/h5,8,13-16,18H,2-4,6-7,9-12,21H2,1H3,(H,24,26);2*1H. The molecule has 1 aromatic rings. The molecule has 9 heteroatoms. The first-order valence-electron chi connectivity index (χ1n) is 10.3. The number of hydrogen-bond acceptors (Lipinski definition) is 6. The number of nitrogens with one attached hydrogen (secondary N) is 1. The van der Waals surface area contributed by atoms with Crippen molar-refractivity contribution in [3.63, 3.8) is 0 Å². The largest absolute Gasteiger partial charge is 0.481 e. The van der Waals surface area contributed by atoms with Crippen molar-refractivity contribution < 1.29 is 9.53 Å². The second-order valence-electron chi connectivity index (χ2n) is 8.38. The van der Waals surface area contributed by atoms with E-state index in [0.29, 0.717) is 35.7 Å². The van der Waals surface area contributed by atoms with Gasteiger partial charge < -0.3 is 20.7 Å². The van der Waals surface area contributed by atoms with Crippen LogP contribution in [0.1, 0.15) is 44.9 Å². The highest BCUT2D eigenvalue weighted by Crippen LogP contribution is 2.40. The van der Waals surface area contributed by atoms with Crippen molar-refractivity contribution in [1.82, 2.24) is 15.3 Å². The number of rotatable bonds is 4. The van der Waals surface area contributed by atoms with Crippen molar-refractivity contribution in [2.75, 3.05) is 25.1 Å². The van der Waals surface area contributed by atoms with Gasteiger partial charge >= 0.3 is 0 Å². The Morgan fingerprint density at radius 3 is 2.45 bits per heavy atom. The molecule has 2 bridgehead atoms. The molecular formula is C20H33Cl2N5O2. The summed E-state index contributed by atoms with van der Waals surface area (Å²) in [5.74, 6) is 2.72. The topological polar surface area (TPSA) is 93.4 Å². The van der Waals surface area contributed by atoms with Crippen molar-refractivity contribution >= 4 is 36.7 Å². The van der Waals surface area contributed by atoms with Crippen LogP contribution in [0.2, 0.25) is 0 Å². The van der Waals surface area contributed by atoms with Crippen LogP contribution in [0.4, 0.5) is 5.95 Å². The number of piperidine rings is 1. The predicted molar refractivity (Wildman–Crippen MR) is 118 cm³/mol. The molecule has 3 fully saturated rings. The van der Waals surface area contributed by atoms with Crippen LogP contribution in [-0.2, 0) is 4.79 Å². The Morgan fingerprint density at radius 2 is 1.83 bits per heavy atom. The number of halogens is 2. The highest BCUT2D eigenvalue weighted by Gasteiger charge is 2.40. The molecule has 2 aliphatic carbocycles. The lowest BCUT2D eigenvalue weighted by molar-refractivity contribution is -0.128. The Morgan fingerprint density at radius 1 is 1.17 bits per heavy atom. The van der Waals surface area contributed by atoms with Crippen LogP contribution in [0, 0.1) is 17.8 Å². The molecule has 1 amide bonds. The summed E-state index contributed by atoms with van der Waals surface area (Å²) in [6.07, 6.45) is 9.23. The number of carbonyl (C=O) groups excluding carboxylic acids is 1. The lowest BCUT2D eigenvalue weighted by Crippen LogP contribution is -2.55. The average molecular weight is 446 g/mol. The molecule has 0 spiro atoms. The summed E-state index contributed by atoms with van der Waals surface area (Å²) in [4.78, 5) is 23.8. The summed E-state index contributed by atoms with van der Waals surface area (Å²) < 4.78 is 5.18. The van der Waals surface area contributed by atoms with Gasteiger partial charge in [-0.3, -0.25) is 4.79 Å². The molecule has 2 atom stereocenters. The Labute approximate surface area is 185 Å². The summed E-state index contributed by atoms with van der Waals surface area (Å²) in [5.41, 5.74) is 6.21. The van der Waals surface area contributed by atoms with Gasteiger partial charge in [0.15, 0.2) is 0 Å². The number of aromatic nitrogens is 2. The van der Waals surface area contributed by atoms with Gasteiger partial charge in [-0.15, -0.1) is 24.8 Å². The molecule has 2 unspecified atom stereocenters. The number of hydrogen-bond donors (Lipinski definition) is 2. The molecule has 2 heterocycles. The molecule has 2 saturated carbocycles. The Bertz CT molecular complexity index is 658. The van der Waals surface area contributed by atoms with Crippen LogP contribution in [0.5, 0.6) is 5.88 Å². The number of carbonyl (C=O) groups is 1. The minimum absolute atomic E-state index is 0. The van der Waals surface area contributed by atoms with E-state index in [0.717, 1.165) is 38.8 Å². The normalized spacial score (nSPS) is 29.2. The van der Waals surface area contributed by atoms with E-state index in [2.05, 4.69) is 20.2 Å². The van der Waals surface area contributed by atoms with Gasteiger partial charge in [-0.2, -0.15) is 4.98 Å². The molecule has 3 aliphatic rings. The van der Waals surface area contributed by atoms with E-state index in [1.807, 2.05) is 0 Å². The highest BCUT2D eigenvalue weighted by molar-refractivity contribution is 5.85. The third-order valence-electron chi connectivity index (χ3n) is 6.66. The molecule has 3 N–H and O–H groups in total. The summed E-state index contributed by atoms with van der Waals surface area (Å²) in [6.45, 7) is 1.60. The van der Waals surface area contributed by atoms with Gasteiger partial charge in [0.2, 0.25) is 17.7 Å². The predicted octanol–water partition coefficient (Wildman–Crippen LogP) is 2.57. The monoisotopic (exact) mass is 445 g/mol. The summed E-state index contributed by atoms with van der Waals surface area (Å²) in [5, 5.41) is 3.42. The number of anilines is 1. The third-order valence-corrected chi connectivity index (χ3v) is 6.66. The van der Waals surface area contributed by atoms with Gasteiger partial charge in [-0.25, -0.2) is 4.98 Å². The van der Waals surface area contributed by atoms with Gasteiger partial charge in [0.1, 0.15) is 0 Å². The zero-order valence-corrected chi connectivity index (χ0v) is 18.6. The molecule has 1 saturated heterocycles. The number of ether oxygens (including phenoxy) is 1. The van der Waals surface area contributed by atoms with Gasteiger partial charge in [-0.05, 0) is 50.4 Å². The first kappa shape index (κ1) is 24.0. The van der Waals surface area contributed by atoms with Gasteiger partial charge in [-0.1, -0.05) is 6.42 Å². The lowest BCUT2D eigenvalue weighted by Gasteiger charge is -2.45. The molecule has 1 aromatic heterocycles. The fourth-order valence-electron chi connectivity index (χ4n) is 5.25. The van der Waals surface area contributed by atoms with Crippen molar-refractivity contribution in [2.24, 2.45) is 23.5 Å². The molecule has 1 aliphatic heterocycles. The first-order chi connectivity index (χ1) is 13.1. The maximum absolute atomic E-state index is 12.9. The Hall–Kier alpha value is -1.31. The van der Waals surface area contributed by atoms with Crippen molar-refractivity contribution in [3.8, 4) is 5.88 Å². The summed E-state index contributed by atoms with van der Waals surface area (Å²) in [7, 11) is 1.61. The SMILES string of the molecule is COc1ccnc(N2CCC(C(=O)NC3C4CCCC3CC(N)C4)CC2)n1.Cl.Cl. The number of methoxy groups -OCH3 is 1. The molecular weight excluding hydrogens is 413 g/mol. The molecule has 0 aromatic carbocycles. The molecule has 29 heavy (non-hydrogen) atoms. The van der Waals surface area contributed by atoms with Gasteiger partial charge in [0, 0.05) is 43.4 Å². The molecule has 164 valence electrons. The van der Waals surface area contributed by atoms with E-state index in [-0.39, 0.29) is 36.6 Å². The second-order valence-corrected chi connectivity index (χ2v) is 8.38. The smallest absolute Gasteiger partial charge is 0.228 e. The van der Waals surface area contributed by atoms with Crippen molar-refractivity contribution in [3.05, 3.63) is 12.3 Å². The number of amides is 1. The fourth-order valence-corrected chi connectivity index (χ4v) is 5.25. The van der Waals surface area contributed by atoms with E-state index >= 15 is 0 Å². The third kappa shape index (κ3) is 5.44. The zero-order valence-electron chi connectivity index (χ0n) is 17.0. The van der Waals surface area contributed by atoms with E-state index in [1.54, 1.807) is 19.4 Å². The van der Waals surface area contributed by atoms with Crippen LogP contribution >= 0.6 is 24.8 Å². The average Bonchev–Trinajstić information content (AvgIpc) is 2.69. The van der Waals surface area contributed by atoms with Crippen LogP contribution in [-0.4, -0.2) is 48.2 Å². The van der Waals surface area contributed by atoms with E-state index < -0.39 is 0 Å². The van der Waals surface area contributed by atoms with E-state index in [1.165, 1.54) is 19.3 Å². The maximum Gasteiger partial charge on any atom is 0.228 e. The molecule has 7 nitrogen and oxygen atoms in total. The van der Waals surface area contributed by atoms with Crippen molar-refractivity contribution in [1.29, 1.82) is 0 Å². The summed E-state index contributed by atoms with van der Waals surface area (Å²) in [6, 6.07) is 2.40. The van der Waals surface area contributed by atoms with Crippen molar-refractivity contribution in [2.45, 2.75) is 57.0 Å². The van der Waals surface area contributed by atoms with E-state index in [9.17, 15) is 4.79 Å². The van der Waals surface area contributed by atoms with Crippen LogP contribution in [0.15, 0.2) is 12.3 Å². The Balaban J connectivity index is 0.00000150. The fraction of sp³-hybridized carbons (Fsp3) is 0.750. The minimum atomic E-state index is 0. The summed E-state index contributed by atoms with van der Waals surface area (Å²) >= 11 is 0. The first-order valence-corrected chi connectivity index (χ1v) is 10.3. The molecule has 4 rings (SSSR count). The molecule has 0 radical (unpaired) electrons.